The van der Waals surface area contributed by atoms with Gasteiger partial charge in [-0.25, -0.2) is 0 Å². The first-order valence-corrected chi connectivity index (χ1v) is 3.58. The molecule has 0 amide bonds. The van der Waals surface area contributed by atoms with Crippen LogP contribution in [-0.4, -0.2) is 0 Å². The molecule has 0 spiro atoms. The Morgan fingerprint density at radius 2 is 2.38 bits per heavy atom. The van der Waals surface area contributed by atoms with E-state index in [9.17, 15) is 0 Å². The Morgan fingerprint density at radius 1 is 1.50 bits per heavy atom. The first-order valence-electron chi connectivity index (χ1n) is 3.58. The summed E-state index contributed by atoms with van der Waals surface area (Å²) in [6.07, 6.45) is 10.1. The molecular weight excluding hydrogens is 96.1 g/mol. The van der Waals surface area contributed by atoms with Gasteiger partial charge in [0, 0.05) is 0 Å². The lowest BCUT2D eigenvalue weighted by atomic mass is 9.92. The average Bonchev–Trinajstić information content (AvgIpc) is 1.90. The van der Waals surface area contributed by atoms with Crippen LogP contribution in [0, 0.1) is 5.92 Å². The summed E-state index contributed by atoms with van der Waals surface area (Å²) in [5.41, 5.74) is 0. The molecule has 0 bridgehead atoms. The van der Waals surface area contributed by atoms with Crippen molar-refractivity contribution in [3.8, 4) is 0 Å². The van der Waals surface area contributed by atoms with Crippen LogP contribution in [0.15, 0.2) is 12.2 Å². The zero-order valence-corrected chi connectivity index (χ0v) is 5.56. The van der Waals surface area contributed by atoms with Crippen molar-refractivity contribution in [3.05, 3.63) is 12.2 Å². The molecule has 0 radical (unpaired) electrons. The lowest BCUT2D eigenvalue weighted by molar-refractivity contribution is 0.465. The van der Waals surface area contributed by atoms with Crippen LogP contribution >= 0.6 is 0 Å². The Labute approximate surface area is 51.6 Å². The van der Waals surface area contributed by atoms with Gasteiger partial charge >= 0.3 is 0 Å². The quantitative estimate of drug-likeness (QED) is 0.455. The van der Waals surface area contributed by atoms with Gasteiger partial charge in [-0.2, -0.15) is 0 Å². The van der Waals surface area contributed by atoms with Gasteiger partial charge in [0.15, 0.2) is 0 Å². The summed E-state index contributed by atoms with van der Waals surface area (Å²) < 4.78 is 0. The van der Waals surface area contributed by atoms with Crippen molar-refractivity contribution in [1.29, 1.82) is 0 Å². The summed E-state index contributed by atoms with van der Waals surface area (Å²) in [5.74, 6) is 1.000. The monoisotopic (exact) mass is 110 g/mol. The summed E-state index contributed by atoms with van der Waals surface area (Å²) in [5, 5.41) is 0. The highest BCUT2D eigenvalue weighted by Crippen LogP contribution is 2.20. The molecule has 0 aliphatic heterocycles. The minimum atomic E-state index is 1.000. The minimum Gasteiger partial charge on any atom is -0.0885 e. The maximum atomic E-state index is 2.32. The lowest BCUT2D eigenvalue weighted by Crippen LogP contribution is -1.99. The van der Waals surface area contributed by atoms with Crippen molar-refractivity contribution in [1.82, 2.24) is 0 Å². The number of hydrogen-bond acceptors (Lipinski definition) is 0. The molecule has 1 aliphatic rings. The molecule has 0 heterocycles. The third kappa shape index (κ3) is 1.36. The van der Waals surface area contributed by atoms with Gasteiger partial charge in [-0.05, 0) is 25.2 Å². The predicted octanol–water partition coefficient (Wildman–Crippen LogP) is 2.75. The van der Waals surface area contributed by atoms with Gasteiger partial charge in [0.05, 0.1) is 0 Å². The van der Waals surface area contributed by atoms with Gasteiger partial charge in [0.25, 0.3) is 0 Å². The van der Waals surface area contributed by atoms with E-state index in [1.54, 1.807) is 0 Å². The normalized spacial score (nSPS) is 28.4. The zero-order valence-electron chi connectivity index (χ0n) is 5.56. The molecule has 0 aromatic heterocycles. The summed E-state index contributed by atoms with van der Waals surface area (Å²) in [4.78, 5) is 0. The van der Waals surface area contributed by atoms with Crippen molar-refractivity contribution in [2.75, 3.05) is 0 Å². The Morgan fingerprint density at radius 3 is 2.75 bits per heavy atom. The fourth-order valence-corrected chi connectivity index (χ4v) is 1.23. The molecule has 0 unspecified atom stereocenters. The smallest absolute Gasteiger partial charge is 0.0322 e. The van der Waals surface area contributed by atoms with E-state index in [-0.39, 0.29) is 0 Å². The van der Waals surface area contributed by atoms with E-state index in [1.165, 1.54) is 25.7 Å². The minimum absolute atomic E-state index is 1.000. The van der Waals surface area contributed by atoms with Gasteiger partial charge in [0.1, 0.15) is 0 Å². The Kier molecular flexibility index (Phi) is 2.13. The fourth-order valence-electron chi connectivity index (χ4n) is 1.23. The molecule has 0 aromatic carbocycles. The van der Waals surface area contributed by atoms with Gasteiger partial charge in [-0.3, -0.25) is 0 Å². The Bertz CT molecular complexity index is 82.0. The molecule has 0 heteroatoms. The number of hydrogen-bond donors (Lipinski definition) is 0. The third-order valence-corrected chi connectivity index (χ3v) is 1.96. The van der Waals surface area contributed by atoms with Crippen molar-refractivity contribution >= 4 is 0 Å². The average molecular weight is 110 g/mol. The van der Waals surface area contributed by atoms with E-state index in [2.05, 4.69) is 19.1 Å². The molecular formula is C8H14. The molecule has 0 aromatic rings. The van der Waals surface area contributed by atoms with E-state index in [0.717, 1.165) is 5.92 Å². The van der Waals surface area contributed by atoms with Gasteiger partial charge in [-0.1, -0.05) is 25.5 Å². The Hall–Kier alpha value is -0.260. The second kappa shape index (κ2) is 2.91. The lowest BCUT2D eigenvalue weighted by Gasteiger charge is -2.13. The molecule has 0 saturated carbocycles. The number of allylic oxidation sites excluding steroid dienone is 2. The molecule has 1 aliphatic carbocycles. The highest BCUT2D eigenvalue weighted by atomic mass is 14.1. The second-order valence-corrected chi connectivity index (χ2v) is 2.56. The van der Waals surface area contributed by atoms with E-state index in [1.807, 2.05) is 0 Å². The van der Waals surface area contributed by atoms with Crippen LogP contribution in [0.3, 0.4) is 0 Å². The van der Waals surface area contributed by atoms with Crippen LogP contribution in [0.25, 0.3) is 0 Å². The van der Waals surface area contributed by atoms with E-state index in [0.29, 0.717) is 0 Å². The largest absolute Gasteiger partial charge is 0.0885 e. The van der Waals surface area contributed by atoms with Gasteiger partial charge in [-0.15, -0.1) is 0 Å². The maximum absolute atomic E-state index is 2.32. The summed E-state index contributed by atoms with van der Waals surface area (Å²) in [7, 11) is 0. The number of rotatable bonds is 1. The standard InChI is InChI=1S/C8H14/c1-2-8-6-4-3-5-7-8/h3-4,8H,2,5-7H2,1H3/t8-/m0/s1. The Balaban J connectivity index is 2.27. The summed E-state index contributed by atoms with van der Waals surface area (Å²) in [6, 6.07) is 0. The summed E-state index contributed by atoms with van der Waals surface area (Å²) in [6.45, 7) is 2.28. The zero-order chi connectivity index (χ0) is 5.82. The summed E-state index contributed by atoms with van der Waals surface area (Å²) >= 11 is 0. The van der Waals surface area contributed by atoms with Crippen molar-refractivity contribution in [2.45, 2.75) is 32.6 Å². The highest BCUT2D eigenvalue weighted by Gasteiger charge is 2.04. The topological polar surface area (TPSA) is 0 Å². The first kappa shape index (κ1) is 5.87. The van der Waals surface area contributed by atoms with Crippen LogP contribution in [0.5, 0.6) is 0 Å². The molecule has 0 fully saturated rings. The van der Waals surface area contributed by atoms with E-state index in [4.69, 9.17) is 0 Å². The van der Waals surface area contributed by atoms with E-state index < -0.39 is 0 Å². The molecule has 46 valence electrons. The van der Waals surface area contributed by atoms with Crippen LogP contribution in [0.4, 0.5) is 0 Å². The van der Waals surface area contributed by atoms with Crippen molar-refractivity contribution in [2.24, 2.45) is 5.92 Å². The van der Waals surface area contributed by atoms with Crippen LogP contribution in [-0.2, 0) is 0 Å². The molecule has 8 heavy (non-hydrogen) atoms. The molecule has 1 atom stereocenters. The SMILES string of the molecule is CC[C@H]1CC=CCC1. The second-order valence-electron chi connectivity index (χ2n) is 2.56. The van der Waals surface area contributed by atoms with Crippen molar-refractivity contribution in [3.63, 3.8) is 0 Å². The molecule has 0 N–H and O–H groups in total. The van der Waals surface area contributed by atoms with Crippen LogP contribution in [0.1, 0.15) is 32.6 Å². The molecule has 0 nitrogen and oxygen atoms in total. The fraction of sp³-hybridized carbons (Fsp3) is 0.750. The molecule has 0 saturated heterocycles. The molecule has 1 rings (SSSR count). The van der Waals surface area contributed by atoms with Crippen LogP contribution in [0.2, 0.25) is 0 Å². The van der Waals surface area contributed by atoms with E-state index >= 15 is 0 Å². The van der Waals surface area contributed by atoms with Crippen LogP contribution < -0.4 is 0 Å². The highest BCUT2D eigenvalue weighted by molar-refractivity contribution is 4.89. The van der Waals surface area contributed by atoms with Gasteiger partial charge < -0.3 is 0 Å². The van der Waals surface area contributed by atoms with Gasteiger partial charge in [0.2, 0.25) is 0 Å². The first-order chi connectivity index (χ1) is 3.93. The maximum Gasteiger partial charge on any atom is -0.0322 e. The predicted molar refractivity (Wildman–Crippen MR) is 36.8 cm³/mol. The van der Waals surface area contributed by atoms with Crippen molar-refractivity contribution < 1.29 is 0 Å². The third-order valence-electron chi connectivity index (χ3n) is 1.96.